The molecule has 0 atom stereocenters. The Morgan fingerprint density at radius 1 is 1.21 bits per heavy atom. The fourth-order valence-corrected chi connectivity index (χ4v) is 2.39. The number of aromatic nitrogens is 3. The predicted octanol–water partition coefficient (Wildman–Crippen LogP) is 2.14. The molecule has 19 heavy (non-hydrogen) atoms. The highest BCUT2D eigenvalue weighted by Crippen LogP contribution is 2.26. The molecule has 0 fully saturated rings. The van der Waals surface area contributed by atoms with Crippen molar-refractivity contribution in [1.29, 1.82) is 0 Å². The van der Waals surface area contributed by atoms with E-state index in [0.717, 1.165) is 28.8 Å². The van der Waals surface area contributed by atoms with Crippen LogP contribution < -0.4 is 5.73 Å². The molecule has 3 aromatic rings. The van der Waals surface area contributed by atoms with Crippen LogP contribution in [-0.4, -0.2) is 21.1 Å². The van der Waals surface area contributed by atoms with Gasteiger partial charge in [-0.1, -0.05) is 24.3 Å². The van der Waals surface area contributed by atoms with Crippen molar-refractivity contribution in [3.8, 4) is 11.4 Å². The second-order valence-corrected chi connectivity index (χ2v) is 4.55. The van der Waals surface area contributed by atoms with Crippen molar-refractivity contribution in [2.45, 2.75) is 6.42 Å². The Balaban J connectivity index is 2.22. The summed E-state index contributed by atoms with van der Waals surface area (Å²) in [5.74, 6) is 0.965. The van der Waals surface area contributed by atoms with Crippen molar-refractivity contribution < 1.29 is 0 Å². The van der Waals surface area contributed by atoms with Gasteiger partial charge in [0.15, 0.2) is 0 Å². The minimum absolute atomic E-state index is 0.641. The van der Waals surface area contributed by atoms with E-state index in [2.05, 4.69) is 21.7 Å². The number of rotatable bonds is 3. The Hall–Kier alpha value is -2.20. The van der Waals surface area contributed by atoms with Gasteiger partial charge in [-0.25, -0.2) is 4.98 Å². The van der Waals surface area contributed by atoms with Gasteiger partial charge in [-0.05, 0) is 24.6 Å². The van der Waals surface area contributed by atoms with Gasteiger partial charge in [0.1, 0.15) is 5.82 Å². The summed E-state index contributed by atoms with van der Waals surface area (Å²) in [7, 11) is 2.02. The highest BCUT2D eigenvalue weighted by Gasteiger charge is 2.12. The first-order valence-electron chi connectivity index (χ1n) is 6.36. The molecule has 0 radical (unpaired) electrons. The molecule has 0 bridgehead atoms. The fourth-order valence-electron chi connectivity index (χ4n) is 2.39. The standard InChI is InChI=1S/C15H16N4/c1-19-14-10-17-9-7-13(14)18-15(19)12-5-3-2-4-11(12)6-8-16/h2-5,7,9-10H,6,8,16H2,1H3. The molecule has 2 aromatic heterocycles. The van der Waals surface area contributed by atoms with E-state index in [9.17, 15) is 0 Å². The summed E-state index contributed by atoms with van der Waals surface area (Å²) in [6, 6.07) is 10.2. The number of pyridine rings is 1. The van der Waals surface area contributed by atoms with Gasteiger partial charge in [0.25, 0.3) is 0 Å². The molecule has 3 rings (SSSR count). The summed E-state index contributed by atoms with van der Waals surface area (Å²) < 4.78 is 2.08. The van der Waals surface area contributed by atoms with Crippen LogP contribution in [0.4, 0.5) is 0 Å². The largest absolute Gasteiger partial charge is 0.330 e. The molecule has 4 nitrogen and oxygen atoms in total. The quantitative estimate of drug-likeness (QED) is 0.777. The van der Waals surface area contributed by atoms with Crippen LogP contribution in [0, 0.1) is 0 Å². The van der Waals surface area contributed by atoms with Crippen LogP contribution in [0.3, 0.4) is 0 Å². The monoisotopic (exact) mass is 252 g/mol. The smallest absolute Gasteiger partial charge is 0.141 e. The van der Waals surface area contributed by atoms with E-state index < -0.39 is 0 Å². The summed E-state index contributed by atoms with van der Waals surface area (Å²) in [6.45, 7) is 0.641. The molecule has 0 spiro atoms. The van der Waals surface area contributed by atoms with Gasteiger partial charge in [-0.15, -0.1) is 0 Å². The maximum atomic E-state index is 5.68. The Bertz CT molecular complexity index is 715. The number of hydrogen-bond acceptors (Lipinski definition) is 3. The number of fused-ring (bicyclic) bond motifs is 1. The van der Waals surface area contributed by atoms with Crippen molar-refractivity contribution in [2.24, 2.45) is 12.8 Å². The zero-order valence-electron chi connectivity index (χ0n) is 10.9. The van der Waals surface area contributed by atoms with E-state index in [-0.39, 0.29) is 0 Å². The normalized spacial score (nSPS) is 11.1. The third-order valence-corrected chi connectivity index (χ3v) is 3.36. The van der Waals surface area contributed by atoms with Crippen molar-refractivity contribution in [3.63, 3.8) is 0 Å². The molecule has 0 saturated carbocycles. The predicted molar refractivity (Wildman–Crippen MR) is 76.7 cm³/mol. The molecule has 0 aliphatic carbocycles. The zero-order valence-corrected chi connectivity index (χ0v) is 10.9. The van der Waals surface area contributed by atoms with Crippen LogP contribution in [-0.2, 0) is 13.5 Å². The topological polar surface area (TPSA) is 56.7 Å². The number of benzene rings is 1. The average molecular weight is 252 g/mol. The molecule has 4 heteroatoms. The number of aryl methyl sites for hydroxylation is 1. The first kappa shape index (κ1) is 11.9. The van der Waals surface area contributed by atoms with Gasteiger partial charge in [-0.2, -0.15) is 0 Å². The molecule has 2 N–H and O–H groups in total. The van der Waals surface area contributed by atoms with E-state index in [1.165, 1.54) is 5.56 Å². The molecule has 0 aliphatic rings. The molecule has 0 unspecified atom stereocenters. The maximum Gasteiger partial charge on any atom is 0.141 e. The Labute approximate surface area is 111 Å². The minimum Gasteiger partial charge on any atom is -0.330 e. The van der Waals surface area contributed by atoms with Gasteiger partial charge < -0.3 is 10.3 Å². The zero-order chi connectivity index (χ0) is 13.2. The summed E-state index contributed by atoms with van der Waals surface area (Å²) in [5, 5.41) is 0. The molecular weight excluding hydrogens is 236 g/mol. The van der Waals surface area contributed by atoms with Crippen LogP contribution in [0.2, 0.25) is 0 Å². The van der Waals surface area contributed by atoms with Crippen LogP contribution in [0.1, 0.15) is 5.56 Å². The highest BCUT2D eigenvalue weighted by atomic mass is 15.1. The molecular formula is C15H16N4. The highest BCUT2D eigenvalue weighted by molar-refractivity contribution is 5.80. The lowest BCUT2D eigenvalue weighted by Crippen LogP contribution is -2.05. The molecule has 1 aromatic carbocycles. The first-order chi connectivity index (χ1) is 9.31. The summed E-state index contributed by atoms with van der Waals surface area (Å²) >= 11 is 0. The van der Waals surface area contributed by atoms with Crippen LogP contribution in [0.15, 0.2) is 42.7 Å². The Morgan fingerprint density at radius 2 is 2.05 bits per heavy atom. The van der Waals surface area contributed by atoms with Crippen LogP contribution in [0.5, 0.6) is 0 Å². The van der Waals surface area contributed by atoms with E-state index in [4.69, 9.17) is 10.7 Å². The number of nitrogens with zero attached hydrogens (tertiary/aromatic N) is 3. The minimum atomic E-state index is 0.641. The Morgan fingerprint density at radius 3 is 2.84 bits per heavy atom. The second-order valence-electron chi connectivity index (χ2n) is 4.55. The van der Waals surface area contributed by atoms with Gasteiger partial charge in [-0.3, -0.25) is 4.98 Å². The van der Waals surface area contributed by atoms with Gasteiger partial charge in [0.2, 0.25) is 0 Å². The van der Waals surface area contributed by atoms with E-state index in [1.807, 2.05) is 31.4 Å². The van der Waals surface area contributed by atoms with Gasteiger partial charge >= 0.3 is 0 Å². The third kappa shape index (κ3) is 2.00. The third-order valence-electron chi connectivity index (χ3n) is 3.36. The number of imidazole rings is 1. The van der Waals surface area contributed by atoms with E-state index in [0.29, 0.717) is 6.54 Å². The average Bonchev–Trinajstić information content (AvgIpc) is 2.78. The lowest BCUT2D eigenvalue weighted by molar-refractivity contribution is 0.935. The van der Waals surface area contributed by atoms with Crippen molar-refractivity contribution in [2.75, 3.05) is 6.54 Å². The summed E-state index contributed by atoms with van der Waals surface area (Å²) in [6.07, 6.45) is 4.47. The van der Waals surface area contributed by atoms with Crippen LogP contribution >= 0.6 is 0 Å². The van der Waals surface area contributed by atoms with Crippen molar-refractivity contribution in [3.05, 3.63) is 48.3 Å². The maximum absolute atomic E-state index is 5.68. The SMILES string of the molecule is Cn1c(-c2ccccc2CCN)nc2ccncc21. The summed E-state index contributed by atoms with van der Waals surface area (Å²) in [4.78, 5) is 8.87. The lowest BCUT2D eigenvalue weighted by atomic mass is 10.0. The van der Waals surface area contributed by atoms with Crippen molar-refractivity contribution in [1.82, 2.24) is 14.5 Å². The van der Waals surface area contributed by atoms with Crippen molar-refractivity contribution >= 4 is 11.0 Å². The number of hydrogen-bond donors (Lipinski definition) is 1. The van der Waals surface area contributed by atoms with Gasteiger partial charge in [0.05, 0.1) is 17.2 Å². The molecule has 0 saturated heterocycles. The van der Waals surface area contributed by atoms with E-state index >= 15 is 0 Å². The van der Waals surface area contributed by atoms with E-state index in [1.54, 1.807) is 6.20 Å². The Kier molecular flexibility index (Phi) is 3.01. The first-order valence-corrected chi connectivity index (χ1v) is 6.36. The molecule has 96 valence electrons. The van der Waals surface area contributed by atoms with Crippen LogP contribution in [0.25, 0.3) is 22.4 Å². The molecule has 0 aliphatic heterocycles. The number of nitrogens with two attached hydrogens (primary N) is 1. The molecule has 2 heterocycles. The fraction of sp³-hybridized carbons (Fsp3) is 0.200. The summed E-state index contributed by atoms with van der Waals surface area (Å²) in [5.41, 5.74) is 10.1. The lowest BCUT2D eigenvalue weighted by Gasteiger charge is -2.08. The van der Waals surface area contributed by atoms with Gasteiger partial charge in [0, 0.05) is 18.8 Å². The molecule has 0 amide bonds. The second kappa shape index (κ2) is 4.82.